The number of benzene rings is 2. The molecular formula is C29H39NO4. The largest absolute Gasteiger partial charge is 0.492 e. The van der Waals surface area contributed by atoms with E-state index in [0.29, 0.717) is 12.2 Å². The van der Waals surface area contributed by atoms with Gasteiger partial charge in [-0.05, 0) is 77.4 Å². The van der Waals surface area contributed by atoms with Gasteiger partial charge in [-0.2, -0.15) is 0 Å². The highest BCUT2D eigenvalue weighted by Crippen LogP contribution is 2.51. The molecule has 1 N–H and O–H groups in total. The molecule has 0 saturated heterocycles. The zero-order valence-corrected chi connectivity index (χ0v) is 21.7. The Hall–Kier alpha value is -2.24. The molecule has 5 heteroatoms. The SMILES string of the molecule is COc1c2c(cc3c1[C@H](C[C@H](O)c1cc(C(C)(C)C)cc4c1CCC4(C)C)N(C)CC3)OCO2. The van der Waals surface area contributed by atoms with Gasteiger partial charge >= 0.3 is 0 Å². The van der Waals surface area contributed by atoms with Gasteiger partial charge in [-0.25, -0.2) is 0 Å². The van der Waals surface area contributed by atoms with Crippen molar-refractivity contribution >= 4 is 0 Å². The standard InChI is InChI=1S/C29H39NO4/c1-28(2,3)18-13-20(19-8-10-29(4,5)21(19)14-18)23(31)15-22-25-17(9-11-30(22)6)12-24-26(27(25)32-7)34-16-33-24/h12-14,22-23,31H,8-11,15-16H2,1-7H3/t22-,23-/m0/s1. The van der Waals surface area contributed by atoms with Gasteiger partial charge in [-0.15, -0.1) is 0 Å². The van der Waals surface area contributed by atoms with E-state index in [2.05, 4.69) is 64.8 Å². The molecule has 0 saturated carbocycles. The number of fused-ring (bicyclic) bond motifs is 3. The highest BCUT2D eigenvalue weighted by molar-refractivity contribution is 5.62. The summed E-state index contributed by atoms with van der Waals surface area (Å²) < 4.78 is 17.3. The summed E-state index contributed by atoms with van der Waals surface area (Å²) >= 11 is 0. The molecule has 0 aromatic heterocycles. The van der Waals surface area contributed by atoms with Crippen LogP contribution in [0.5, 0.6) is 17.2 Å². The second-order valence-electron chi connectivity index (χ2n) is 11.9. The molecule has 2 atom stereocenters. The molecule has 0 spiro atoms. The average Bonchev–Trinajstić information content (AvgIpc) is 3.36. The molecule has 0 amide bonds. The Labute approximate surface area is 204 Å². The molecule has 0 fully saturated rings. The quantitative estimate of drug-likeness (QED) is 0.637. The van der Waals surface area contributed by atoms with Gasteiger partial charge in [0.05, 0.1) is 13.2 Å². The number of rotatable bonds is 4. The van der Waals surface area contributed by atoms with E-state index in [4.69, 9.17) is 14.2 Å². The van der Waals surface area contributed by atoms with Crippen molar-refractivity contribution in [2.24, 2.45) is 0 Å². The first-order valence-corrected chi connectivity index (χ1v) is 12.6. The van der Waals surface area contributed by atoms with Crippen molar-refractivity contribution in [2.75, 3.05) is 27.5 Å². The highest BCUT2D eigenvalue weighted by atomic mass is 16.7. The monoisotopic (exact) mass is 465 g/mol. The van der Waals surface area contributed by atoms with Crippen LogP contribution < -0.4 is 14.2 Å². The first kappa shape index (κ1) is 23.5. The van der Waals surface area contributed by atoms with Crippen LogP contribution in [0, 0.1) is 0 Å². The van der Waals surface area contributed by atoms with Gasteiger partial charge < -0.3 is 19.3 Å². The molecule has 0 bridgehead atoms. The van der Waals surface area contributed by atoms with Crippen LogP contribution in [0.4, 0.5) is 0 Å². The number of hydrogen-bond acceptors (Lipinski definition) is 5. The van der Waals surface area contributed by atoms with Crippen molar-refractivity contribution in [1.29, 1.82) is 0 Å². The highest BCUT2D eigenvalue weighted by Gasteiger charge is 2.38. The fourth-order valence-corrected chi connectivity index (χ4v) is 6.04. The third kappa shape index (κ3) is 3.77. The van der Waals surface area contributed by atoms with E-state index < -0.39 is 6.10 Å². The molecule has 2 aromatic carbocycles. The number of aliphatic hydroxyl groups is 1. The van der Waals surface area contributed by atoms with Crippen molar-refractivity contribution in [3.63, 3.8) is 0 Å². The maximum Gasteiger partial charge on any atom is 0.231 e. The van der Waals surface area contributed by atoms with E-state index in [1.54, 1.807) is 7.11 Å². The minimum absolute atomic E-state index is 0.0253. The van der Waals surface area contributed by atoms with Crippen LogP contribution in [-0.2, 0) is 23.7 Å². The first-order chi connectivity index (χ1) is 16.0. The number of hydrogen-bond donors (Lipinski definition) is 1. The summed E-state index contributed by atoms with van der Waals surface area (Å²) in [5, 5.41) is 11.8. The normalized spacial score (nSPS) is 21.8. The molecular weight excluding hydrogens is 426 g/mol. The van der Waals surface area contributed by atoms with Gasteiger partial charge in [-0.3, -0.25) is 4.90 Å². The Kier molecular flexibility index (Phi) is 5.64. The third-order valence-corrected chi connectivity index (χ3v) is 8.23. The molecule has 3 aliphatic rings. The van der Waals surface area contributed by atoms with Crippen LogP contribution in [0.1, 0.15) is 93.0 Å². The second-order valence-corrected chi connectivity index (χ2v) is 11.9. The molecule has 1 aliphatic carbocycles. The van der Waals surface area contributed by atoms with Crippen LogP contribution in [0.2, 0.25) is 0 Å². The smallest absolute Gasteiger partial charge is 0.231 e. The zero-order valence-electron chi connectivity index (χ0n) is 21.7. The van der Waals surface area contributed by atoms with Crippen molar-refractivity contribution in [3.05, 3.63) is 51.6 Å². The van der Waals surface area contributed by atoms with Gasteiger partial charge in [0.1, 0.15) is 0 Å². The van der Waals surface area contributed by atoms with Crippen molar-refractivity contribution in [1.82, 2.24) is 4.90 Å². The Balaban J connectivity index is 1.57. The van der Waals surface area contributed by atoms with Gasteiger partial charge in [0.2, 0.25) is 12.5 Å². The van der Waals surface area contributed by atoms with E-state index >= 15 is 0 Å². The fraction of sp³-hybridized carbons (Fsp3) is 0.586. The summed E-state index contributed by atoms with van der Waals surface area (Å²) in [6, 6.07) is 6.80. The van der Waals surface area contributed by atoms with Crippen LogP contribution in [0.3, 0.4) is 0 Å². The lowest BCUT2D eigenvalue weighted by atomic mass is 9.78. The fourth-order valence-electron chi connectivity index (χ4n) is 6.04. The minimum Gasteiger partial charge on any atom is -0.492 e. The average molecular weight is 466 g/mol. The predicted octanol–water partition coefficient (Wildman–Crippen LogP) is 5.60. The molecule has 0 radical (unpaired) electrons. The van der Waals surface area contributed by atoms with E-state index in [1.807, 2.05) is 0 Å². The maximum absolute atomic E-state index is 11.8. The van der Waals surface area contributed by atoms with E-state index in [-0.39, 0.29) is 23.7 Å². The van der Waals surface area contributed by atoms with Crippen LogP contribution >= 0.6 is 0 Å². The van der Waals surface area contributed by atoms with Crippen LogP contribution in [0.25, 0.3) is 0 Å². The van der Waals surface area contributed by atoms with Crippen molar-refractivity contribution < 1.29 is 19.3 Å². The van der Waals surface area contributed by atoms with Crippen LogP contribution in [-0.4, -0.2) is 37.5 Å². The van der Waals surface area contributed by atoms with Crippen molar-refractivity contribution in [3.8, 4) is 17.2 Å². The zero-order chi connectivity index (χ0) is 24.4. The Morgan fingerprint density at radius 3 is 2.65 bits per heavy atom. The van der Waals surface area contributed by atoms with Gasteiger partial charge in [-0.1, -0.05) is 46.8 Å². The Morgan fingerprint density at radius 2 is 1.94 bits per heavy atom. The number of aliphatic hydroxyl groups excluding tert-OH is 1. The van der Waals surface area contributed by atoms with Crippen LogP contribution in [0.15, 0.2) is 18.2 Å². The van der Waals surface area contributed by atoms with Gasteiger partial charge in [0.25, 0.3) is 0 Å². The lowest BCUT2D eigenvalue weighted by Crippen LogP contribution is -2.33. The van der Waals surface area contributed by atoms with E-state index in [0.717, 1.165) is 48.4 Å². The summed E-state index contributed by atoms with van der Waals surface area (Å²) in [4.78, 5) is 2.34. The molecule has 2 aliphatic heterocycles. The lowest BCUT2D eigenvalue weighted by Gasteiger charge is -2.37. The molecule has 2 aromatic rings. The first-order valence-electron chi connectivity index (χ1n) is 12.6. The Morgan fingerprint density at radius 1 is 1.18 bits per heavy atom. The predicted molar refractivity (Wildman–Crippen MR) is 134 cm³/mol. The lowest BCUT2D eigenvalue weighted by molar-refractivity contribution is 0.107. The number of ether oxygens (including phenoxy) is 3. The van der Waals surface area contributed by atoms with Gasteiger partial charge in [0, 0.05) is 18.2 Å². The molecule has 184 valence electrons. The summed E-state index contributed by atoms with van der Waals surface area (Å²) in [5.74, 6) is 2.20. The molecule has 5 rings (SSSR count). The summed E-state index contributed by atoms with van der Waals surface area (Å²) in [6.45, 7) is 12.6. The van der Waals surface area contributed by atoms with Gasteiger partial charge in [0.15, 0.2) is 11.5 Å². The summed E-state index contributed by atoms with van der Waals surface area (Å²) in [7, 11) is 3.84. The number of nitrogens with zero attached hydrogens (tertiary/aromatic N) is 1. The molecule has 34 heavy (non-hydrogen) atoms. The topological polar surface area (TPSA) is 51.2 Å². The Bertz CT molecular complexity index is 1110. The number of likely N-dealkylation sites (N-methyl/N-ethyl adjacent to an activating group) is 1. The third-order valence-electron chi connectivity index (χ3n) is 8.23. The summed E-state index contributed by atoms with van der Waals surface area (Å²) in [6.07, 6.45) is 3.13. The van der Waals surface area contributed by atoms with E-state index in [9.17, 15) is 5.11 Å². The number of methoxy groups -OCH3 is 1. The molecule has 2 heterocycles. The molecule has 0 unspecified atom stereocenters. The van der Waals surface area contributed by atoms with E-state index in [1.165, 1.54) is 22.3 Å². The second kappa shape index (κ2) is 8.17. The summed E-state index contributed by atoms with van der Waals surface area (Å²) in [5.41, 5.74) is 7.68. The molecule has 5 nitrogen and oxygen atoms in total. The van der Waals surface area contributed by atoms with Crippen molar-refractivity contribution in [2.45, 2.75) is 83.3 Å². The maximum atomic E-state index is 11.8. The minimum atomic E-state index is -0.557.